The van der Waals surface area contributed by atoms with E-state index >= 15 is 0 Å². The number of amides is 2. The summed E-state index contributed by atoms with van der Waals surface area (Å²) in [4.78, 5) is 25.6. The van der Waals surface area contributed by atoms with Crippen molar-refractivity contribution in [3.8, 4) is 6.07 Å². The molecule has 0 aliphatic heterocycles. The van der Waals surface area contributed by atoms with Gasteiger partial charge < -0.3 is 10.2 Å². The molecule has 0 spiro atoms. The number of nitriles is 1. The molecule has 1 atom stereocenters. The summed E-state index contributed by atoms with van der Waals surface area (Å²) in [5.74, 6) is -0.268. The minimum Gasteiger partial charge on any atom is -0.338 e. The quantitative estimate of drug-likeness (QED) is 0.747. The summed E-state index contributed by atoms with van der Waals surface area (Å²) in [6.45, 7) is 5.78. The van der Waals surface area contributed by atoms with Gasteiger partial charge in [-0.05, 0) is 50.0 Å². The third kappa shape index (κ3) is 5.24. The Labute approximate surface area is 143 Å². The van der Waals surface area contributed by atoms with E-state index in [1.807, 2.05) is 36.1 Å². The van der Waals surface area contributed by atoms with Crippen LogP contribution in [0.3, 0.4) is 0 Å². The molecule has 5 heteroatoms. The highest BCUT2D eigenvalue weighted by molar-refractivity contribution is 5.98. The van der Waals surface area contributed by atoms with Gasteiger partial charge in [0, 0.05) is 24.7 Å². The van der Waals surface area contributed by atoms with Gasteiger partial charge in [-0.3, -0.25) is 9.59 Å². The second-order valence-corrected chi connectivity index (χ2v) is 6.20. The van der Waals surface area contributed by atoms with Gasteiger partial charge in [-0.25, -0.2) is 0 Å². The van der Waals surface area contributed by atoms with Crippen molar-refractivity contribution in [3.05, 3.63) is 42.5 Å². The van der Waals surface area contributed by atoms with Gasteiger partial charge in [0.25, 0.3) is 0 Å². The van der Waals surface area contributed by atoms with Crippen molar-refractivity contribution in [3.63, 3.8) is 0 Å². The Bertz CT molecular complexity index is 642. The maximum Gasteiger partial charge on any atom is 0.247 e. The van der Waals surface area contributed by atoms with Gasteiger partial charge in [0.15, 0.2) is 0 Å². The van der Waals surface area contributed by atoms with Crippen molar-refractivity contribution in [2.75, 3.05) is 11.9 Å². The van der Waals surface area contributed by atoms with Gasteiger partial charge in [-0.15, -0.1) is 0 Å². The zero-order valence-electron chi connectivity index (χ0n) is 14.0. The van der Waals surface area contributed by atoms with Gasteiger partial charge in [0.05, 0.1) is 12.0 Å². The lowest BCUT2D eigenvalue weighted by Crippen LogP contribution is -2.36. The second kappa shape index (κ2) is 8.30. The Kier molecular flexibility index (Phi) is 6.14. The van der Waals surface area contributed by atoms with Crippen molar-refractivity contribution >= 4 is 17.5 Å². The number of aryl methyl sites for hydroxylation is 1. The predicted molar refractivity (Wildman–Crippen MR) is 93.1 cm³/mol. The van der Waals surface area contributed by atoms with E-state index in [9.17, 15) is 9.59 Å². The van der Waals surface area contributed by atoms with Crippen molar-refractivity contribution in [2.24, 2.45) is 5.92 Å². The predicted octanol–water partition coefficient (Wildman–Crippen LogP) is 2.89. The molecule has 126 valence electrons. The topological polar surface area (TPSA) is 73.2 Å². The Morgan fingerprint density at radius 2 is 2.08 bits per heavy atom. The van der Waals surface area contributed by atoms with Crippen LogP contribution in [0.5, 0.6) is 0 Å². The van der Waals surface area contributed by atoms with Crippen LogP contribution >= 0.6 is 0 Å². The number of hydrogen-bond donors (Lipinski definition) is 1. The molecule has 2 rings (SSSR count). The third-order valence-corrected chi connectivity index (χ3v) is 4.03. The molecule has 1 aromatic carbocycles. The number of nitrogens with one attached hydrogen (secondary N) is 1. The molecular weight excluding hydrogens is 302 g/mol. The van der Waals surface area contributed by atoms with Gasteiger partial charge in [-0.2, -0.15) is 5.26 Å². The van der Waals surface area contributed by atoms with E-state index in [0.29, 0.717) is 31.1 Å². The molecule has 0 saturated heterocycles. The molecular formula is C19H23N3O2. The standard InChI is InChI=1S/C19H23N3O2/c1-3-18(23)21-16-7-4-15(5-8-16)6-11-19(24)22(17-9-10-17)13-14(2)12-20/h3-5,7-8,14,17H,1,6,9-11,13H2,2H3,(H,21,23). The lowest BCUT2D eigenvalue weighted by atomic mass is 10.1. The summed E-state index contributed by atoms with van der Waals surface area (Å²) < 4.78 is 0. The van der Waals surface area contributed by atoms with Crippen molar-refractivity contribution in [1.82, 2.24) is 4.90 Å². The van der Waals surface area contributed by atoms with Crippen molar-refractivity contribution in [2.45, 2.75) is 38.6 Å². The lowest BCUT2D eigenvalue weighted by Gasteiger charge is -2.23. The summed E-state index contributed by atoms with van der Waals surface area (Å²) >= 11 is 0. The SMILES string of the molecule is C=CC(=O)Nc1ccc(CCC(=O)N(CC(C)C#N)C2CC2)cc1. The number of rotatable bonds is 8. The van der Waals surface area contributed by atoms with E-state index in [4.69, 9.17) is 5.26 Å². The van der Waals surface area contributed by atoms with Gasteiger partial charge in [-0.1, -0.05) is 18.7 Å². The summed E-state index contributed by atoms with van der Waals surface area (Å²) in [5, 5.41) is 11.6. The van der Waals surface area contributed by atoms with Crippen LogP contribution in [-0.2, 0) is 16.0 Å². The minimum atomic E-state index is -0.246. The monoisotopic (exact) mass is 325 g/mol. The molecule has 1 saturated carbocycles. The molecule has 1 aliphatic rings. The third-order valence-electron chi connectivity index (χ3n) is 4.03. The average Bonchev–Trinajstić information content (AvgIpc) is 3.43. The van der Waals surface area contributed by atoms with Crippen LogP contribution in [0.15, 0.2) is 36.9 Å². The first-order valence-electron chi connectivity index (χ1n) is 8.25. The number of carbonyl (C=O) groups excluding carboxylic acids is 2. The molecule has 1 fully saturated rings. The highest BCUT2D eigenvalue weighted by atomic mass is 16.2. The summed E-state index contributed by atoms with van der Waals surface area (Å²) in [6, 6.07) is 9.97. The maximum atomic E-state index is 12.4. The Balaban J connectivity index is 1.87. The average molecular weight is 325 g/mol. The first kappa shape index (κ1) is 17.7. The van der Waals surface area contributed by atoms with E-state index in [2.05, 4.69) is 18.0 Å². The molecule has 24 heavy (non-hydrogen) atoms. The Morgan fingerprint density at radius 1 is 1.42 bits per heavy atom. The van der Waals surface area contributed by atoms with Crippen LogP contribution in [0.25, 0.3) is 0 Å². The molecule has 0 heterocycles. The van der Waals surface area contributed by atoms with E-state index in [1.54, 1.807) is 0 Å². The zero-order chi connectivity index (χ0) is 17.5. The van der Waals surface area contributed by atoms with Crippen LogP contribution in [0.1, 0.15) is 31.7 Å². The number of nitrogens with zero attached hydrogens (tertiary/aromatic N) is 2. The van der Waals surface area contributed by atoms with Crippen molar-refractivity contribution in [1.29, 1.82) is 5.26 Å². The highest BCUT2D eigenvalue weighted by Crippen LogP contribution is 2.28. The van der Waals surface area contributed by atoms with Crippen LogP contribution < -0.4 is 5.32 Å². The Hall–Kier alpha value is -2.61. The normalized spacial score (nSPS) is 14.3. The molecule has 0 bridgehead atoms. The van der Waals surface area contributed by atoms with Crippen LogP contribution in [-0.4, -0.2) is 29.3 Å². The zero-order valence-corrected chi connectivity index (χ0v) is 14.0. The maximum absolute atomic E-state index is 12.4. The Morgan fingerprint density at radius 3 is 2.62 bits per heavy atom. The summed E-state index contributed by atoms with van der Waals surface area (Å²) in [5.41, 5.74) is 1.75. The molecule has 2 amide bonds. The first-order chi connectivity index (χ1) is 11.5. The van der Waals surface area contributed by atoms with Crippen LogP contribution in [0.2, 0.25) is 0 Å². The van der Waals surface area contributed by atoms with Crippen LogP contribution in [0, 0.1) is 17.2 Å². The van der Waals surface area contributed by atoms with Crippen LogP contribution in [0.4, 0.5) is 5.69 Å². The number of benzene rings is 1. The lowest BCUT2D eigenvalue weighted by molar-refractivity contribution is -0.132. The largest absolute Gasteiger partial charge is 0.338 e. The molecule has 0 radical (unpaired) electrons. The fraction of sp³-hybridized carbons (Fsp3) is 0.421. The van der Waals surface area contributed by atoms with E-state index in [1.165, 1.54) is 6.08 Å². The number of hydrogen-bond acceptors (Lipinski definition) is 3. The summed E-state index contributed by atoms with van der Waals surface area (Å²) in [6.07, 6.45) is 4.40. The minimum absolute atomic E-state index is 0.114. The van der Waals surface area contributed by atoms with Gasteiger partial charge in [0.1, 0.15) is 0 Å². The highest BCUT2D eigenvalue weighted by Gasteiger charge is 2.32. The van der Waals surface area contributed by atoms with Gasteiger partial charge in [0.2, 0.25) is 11.8 Å². The fourth-order valence-electron chi connectivity index (χ4n) is 2.52. The molecule has 0 aromatic heterocycles. The van der Waals surface area contributed by atoms with Crippen molar-refractivity contribution < 1.29 is 9.59 Å². The second-order valence-electron chi connectivity index (χ2n) is 6.20. The molecule has 1 aliphatic carbocycles. The number of anilines is 1. The molecule has 1 aromatic rings. The summed E-state index contributed by atoms with van der Waals surface area (Å²) in [7, 11) is 0. The van der Waals surface area contributed by atoms with E-state index < -0.39 is 0 Å². The molecule has 1 N–H and O–H groups in total. The first-order valence-corrected chi connectivity index (χ1v) is 8.25. The smallest absolute Gasteiger partial charge is 0.247 e. The van der Waals surface area contributed by atoms with E-state index in [0.717, 1.165) is 18.4 Å². The number of carbonyl (C=O) groups is 2. The van der Waals surface area contributed by atoms with E-state index in [-0.39, 0.29) is 17.7 Å². The fourth-order valence-corrected chi connectivity index (χ4v) is 2.52. The molecule has 5 nitrogen and oxygen atoms in total. The van der Waals surface area contributed by atoms with Gasteiger partial charge >= 0.3 is 0 Å². The molecule has 1 unspecified atom stereocenters.